The fourth-order valence-corrected chi connectivity index (χ4v) is 4.12. The topological polar surface area (TPSA) is 72.2 Å². The number of aryl methyl sites for hydroxylation is 1. The molecule has 0 unspecified atom stereocenters. The predicted octanol–water partition coefficient (Wildman–Crippen LogP) is 5.18. The van der Waals surface area contributed by atoms with Crippen LogP contribution in [-0.4, -0.2) is 32.6 Å². The zero-order chi connectivity index (χ0) is 23.0. The van der Waals surface area contributed by atoms with Crippen molar-refractivity contribution in [3.05, 3.63) is 90.0 Å². The van der Waals surface area contributed by atoms with E-state index in [1.807, 2.05) is 66.1 Å². The average molecular weight is 456 g/mol. The van der Waals surface area contributed by atoms with E-state index >= 15 is 0 Å². The van der Waals surface area contributed by atoms with Crippen LogP contribution in [0.4, 0.5) is 0 Å². The average Bonchev–Trinajstić information content (AvgIpc) is 3.27. The Morgan fingerprint density at radius 3 is 2.30 bits per heavy atom. The van der Waals surface area contributed by atoms with E-state index in [1.54, 1.807) is 6.21 Å². The van der Waals surface area contributed by atoms with Crippen molar-refractivity contribution in [2.24, 2.45) is 5.10 Å². The van der Waals surface area contributed by atoms with Gasteiger partial charge >= 0.3 is 0 Å². The van der Waals surface area contributed by atoms with Crippen LogP contribution in [0.3, 0.4) is 0 Å². The van der Waals surface area contributed by atoms with Gasteiger partial charge in [-0.25, -0.2) is 5.43 Å². The van der Waals surface area contributed by atoms with Crippen molar-refractivity contribution in [3.63, 3.8) is 0 Å². The molecule has 0 aliphatic heterocycles. The van der Waals surface area contributed by atoms with Crippen molar-refractivity contribution in [1.82, 2.24) is 20.2 Å². The van der Waals surface area contributed by atoms with Gasteiger partial charge in [0.2, 0.25) is 0 Å². The SMILES string of the molecule is CCn1c(SCC(=O)NN=Cc2ccc(-c3ccccc3)cc2)nnc1-c1ccc(C)cc1. The first-order valence-electron chi connectivity index (χ1n) is 10.7. The van der Waals surface area contributed by atoms with E-state index in [0.29, 0.717) is 5.16 Å². The van der Waals surface area contributed by atoms with Crippen LogP contribution >= 0.6 is 11.8 Å². The fourth-order valence-electron chi connectivity index (χ4n) is 3.33. The van der Waals surface area contributed by atoms with Crippen LogP contribution in [0.2, 0.25) is 0 Å². The number of rotatable bonds is 8. The standard InChI is InChI=1S/C26H25N5OS/c1-3-31-25(23-13-9-19(2)10-14-23)29-30-26(31)33-18-24(32)28-27-17-20-11-15-22(16-12-20)21-7-5-4-6-8-21/h4-17H,3,18H2,1-2H3,(H,28,32). The van der Waals surface area contributed by atoms with Gasteiger partial charge in [0.1, 0.15) is 0 Å². The minimum Gasteiger partial charge on any atom is -0.302 e. The van der Waals surface area contributed by atoms with Crippen molar-refractivity contribution in [1.29, 1.82) is 0 Å². The molecule has 0 fully saturated rings. The Balaban J connectivity index is 1.31. The number of thioether (sulfide) groups is 1. The molecule has 3 aromatic carbocycles. The monoisotopic (exact) mass is 455 g/mol. The second kappa shape index (κ2) is 10.7. The molecule has 1 N–H and O–H groups in total. The molecule has 0 aliphatic carbocycles. The summed E-state index contributed by atoms with van der Waals surface area (Å²) in [6.07, 6.45) is 1.64. The summed E-state index contributed by atoms with van der Waals surface area (Å²) in [7, 11) is 0. The maximum absolute atomic E-state index is 12.3. The number of hydrazone groups is 1. The summed E-state index contributed by atoms with van der Waals surface area (Å²) in [5, 5.41) is 13.4. The number of hydrogen-bond donors (Lipinski definition) is 1. The summed E-state index contributed by atoms with van der Waals surface area (Å²) >= 11 is 1.35. The molecule has 33 heavy (non-hydrogen) atoms. The molecule has 1 heterocycles. The lowest BCUT2D eigenvalue weighted by atomic mass is 10.0. The number of hydrogen-bond acceptors (Lipinski definition) is 5. The van der Waals surface area contributed by atoms with Crippen LogP contribution in [0.15, 0.2) is 89.1 Å². The smallest absolute Gasteiger partial charge is 0.250 e. The van der Waals surface area contributed by atoms with Crippen molar-refractivity contribution < 1.29 is 4.79 Å². The van der Waals surface area contributed by atoms with Crippen molar-refractivity contribution in [2.45, 2.75) is 25.5 Å². The van der Waals surface area contributed by atoms with Gasteiger partial charge in [-0.15, -0.1) is 10.2 Å². The molecular formula is C26H25N5OS. The van der Waals surface area contributed by atoms with E-state index < -0.39 is 0 Å². The lowest BCUT2D eigenvalue weighted by Crippen LogP contribution is -2.20. The third-order valence-electron chi connectivity index (χ3n) is 5.10. The summed E-state index contributed by atoms with van der Waals surface area (Å²) in [6.45, 7) is 4.81. The summed E-state index contributed by atoms with van der Waals surface area (Å²) in [5.41, 5.74) is 8.00. The molecule has 0 atom stereocenters. The van der Waals surface area contributed by atoms with Crippen LogP contribution < -0.4 is 5.43 Å². The second-order valence-corrected chi connectivity index (χ2v) is 8.43. The van der Waals surface area contributed by atoms with E-state index in [1.165, 1.54) is 17.3 Å². The van der Waals surface area contributed by atoms with Gasteiger partial charge in [0.15, 0.2) is 11.0 Å². The second-order valence-electron chi connectivity index (χ2n) is 7.49. The molecule has 1 aromatic heterocycles. The van der Waals surface area contributed by atoms with Crippen LogP contribution in [0.5, 0.6) is 0 Å². The van der Waals surface area contributed by atoms with Gasteiger partial charge in [0, 0.05) is 12.1 Å². The number of nitrogens with zero attached hydrogens (tertiary/aromatic N) is 4. The summed E-state index contributed by atoms with van der Waals surface area (Å²) < 4.78 is 2.01. The molecule has 4 rings (SSSR count). The third-order valence-corrected chi connectivity index (χ3v) is 6.06. The first-order chi connectivity index (χ1) is 16.1. The van der Waals surface area contributed by atoms with Gasteiger partial charge in [-0.05, 0) is 30.5 Å². The third kappa shape index (κ3) is 5.75. The Kier molecular flexibility index (Phi) is 7.32. The molecule has 0 saturated carbocycles. The maximum atomic E-state index is 12.3. The largest absolute Gasteiger partial charge is 0.302 e. The highest BCUT2D eigenvalue weighted by molar-refractivity contribution is 7.99. The highest BCUT2D eigenvalue weighted by atomic mass is 32.2. The van der Waals surface area contributed by atoms with E-state index in [4.69, 9.17) is 0 Å². The minimum atomic E-state index is -0.195. The molecule has 4 aromatic rings. The molecule has 1 amide bonds. The summed E-state index contributed by atoms with van der Waals surface area (Å²) in [6, 6.07) is 26.4. The lowest BCUT2D eigenvalue weighted by Gasteiger charge is -2.07. The Hall–Kier alpha value is -3.71. The highest BCUT2D eigenvalue weighted by Crippen LogP contribution is 2.24. The predicted molar refractivity (Wildman–Crippen MR) is 134 cm³/mol. The van der Waals surface area contributed by atoms with Gasteiger partial charge in [-0.3, -0.25) is 4.79 Å². The first kappa shape index (κ1) is 22.5. The van der Waals surface area contributed by atoms with Gasteiger partial charge < -0.3 is 4.57 Å². The summed E-state index contributed by atoms with van der Waals surface area (Å²) in [4.78, 5) is 12.3. The molecule has 166 valence electrons. The molecule has 0 saturated heterocycles. The van der Waals surface area contributed by atoms with Crippen LogP contribution in [0.25, 0.3) is 22.5 Å². The van der Waals surface area contributed by atoms with Gasteiger partial charge in [-0.1, -0.05) is 96.2 Å². The van der Waals surface area contributed by atoms with Crippen LogP contribution in [0.1, 0.15) is 18.1 Å². The Bertz CT molecular complexity index is 1230. The number of nitrogens with one attached hydrogen (secondary N) is 1. The number of aromatic nitrogens is 3. The lowest BCUT2D eigenvalue weighted by molar-refractivity contribution is -0.118. The molecule has 6 nitrogen and oxygen atoms in total. The van der Waals surface area contributed by atoms with Crippen molar-refractivity contribution in [3.8, 4) is 22.5 Å². The molecule has 0 radical (unpaired) electrons. The van der Waals surface area contributed by atoms with Crippen molar-refractivity contribution in [2.75, 3.05) is 5.75 Å². The van der Waals surface area contributed by atoms with E-state index in [2.05, 4.69) is 51.9 Å². The maximum Gasteiger partial charge on any atom is 0.250 e. The van der Waals surface area contributed by atoms with Crippen LogP contribution in [0, 0.1) is 6.92 Å². The molecule has 0 spiro atoms. The number of benzene rings is 3. The molecule has 0 aliphatic rings. The fraction of sp³-hybridized carbons (Fsp3) is 0.154. The van der Waals surface area contributed by atoms with Crippen molar-refractivity contribution >= 4 is 23.9 Å². The molecule has 7 heteroatoms. The summed E-state index contributed by atoms with van der Waals surface area (Å²) in [5.74, 6) is 0.813. The first-order valence-corrected chi connectivity index (χ1v) is 11.7. The van der Waals surface area contributed by atoms with Gasteiger partial charge in [-0.2, -0.15) is 5.10 Å². The Morgan fingerprint density at radius 1 is 0.939 bits per heavy atom. The highest BCUT2D eigenvalue weighted by Gasteiger charge is 2.14. The van der Waals surface area contributed by atoms with E-state index in [-0.39, 0.29) is 11.7 Å². The molecule has 0 bridgehead atoms. The van der Waals surface area contributed by atoms with Gasteiger partial charge in [0.25, 0.3) is 5.91 Å². The van der Waals surface area contributed by atoms with Gasteiger partial charge in [0.05, 0.1) is 12.0 Å². The zero-order valence-corrected chi connectivity index (χ0v) is 19.4. The Labute approximate surface area is 197 Å². The minimum absolute atomic E-state index is 0.195. The molecular weight excluding hydrogens is 430 g/mol. The van der Waals surface area contributed by atoms with E-state index in [9.17, 15) is 4.79 Å². The number of carbonyl (C=O) groups is 1. The number of amides is 1. The normalized spacial score (nSPS) is 11.1. The Morgan fingerprint density at radius 2 is 1.61 bits per heavy atom. The quantitative estimate of drug-likeness (QED) is 0.226. The van der Waals surface area contributed by atoms with E-state index in [0.717, 1.165) is 34.6 Å². The number of carbonyl (C=O) groups excluding carboxylic acids is 1. The van der Waals surface area contributed by atoms with Crippen LogP contribution in [-0.2, 0) is 11.3 Å². The zero-order valence-electron chi connectivity index (χ0n) is 18.6.